The van der Waals surface area contributed by atoms with Crippen LogP contribution in [-0.2, 0) is 23.9 Å². The van der Waals surface area contributed by atoms with Crippen LogP contribution in [0.5, 0.6) is 0 Å². The highest BCUT2D eigenvalue weighted by atomic mass is 16.6. The number of carbonyl (C=O) groups is 3. The Kier molecular flexibility index (Phi) is 5.26. The van der Waals surface area contributed by atoms with Crippen LogP contribution in [0.4, 0.5) is 0 Å². The van der Waals surface area contributed by atoms with E-state index in [9.17, 15) is 14.4 Å². The van der Waals surface area contributed by atoms with Crippen LogP contribution in [-0.4, -0.2) is 34.8 Å². The van der Waals surface area contributed by atoms with Gasteiger partial charge in [-0.15, -0.1) is 0 Å². The molecule has 0 radical (unpaired) electrons. The smallest absolute Gasteiger partial charge is 0.303 e. The van der Waals surface area contributed by atoms with Gasteiger partial charge in [0.1, 0.15) is 17.3 Å². The van der Waals surface area contributed by atoms with Gasteiger partial charge in [-0.25, -0.2) is 0 Å². The fraction of sp³-hybridized carbons (Fsp3) is 0.645. The topological polar surface area (TPSA) is 73.0 Å². The van der Waals surface area contributed by atoms with E-state index in [0.717, 1.165) is 44.1 Å². The minimum Gasteiger partial charge on any atom is -0.459 e. The van der Waals surface area contributed by atoms with Gasteiger partial charge in [0.15, 0.2) is 11.6 Å². The summed E-state index contributed by atoms with van der Waals surface area (Å²) in [5.74, 6) is 0.467. The zero-order chi connectivity index (χ0) is 25.5. The molecule has 36 heavy (non-hydrogen) atoms. The van der Waals surface area contributed by atoms with Crippen molar-refractivity contribution >= 4 is 23.6 Å². The second-order valence-corrected chi connectivity index (χ2v) is 12.8. The second kappa shape index (κ2) is 7.86. The summed E-state index contributed by atoms with van der Waals surface area (Å²) >= 11 is 0. The van der Waals surface area contributed by atoms with E-state index in [1.165, 1.54) is 6.92 Å². The van der Waals surface area contributed by atoms with Gasteiger partial charge in [0.25, 0.3) is 0 Å². The molecule has 6 rings (SSSR count). The fourth-order valence-corrected chi connectivity index (χ4v) is 9.39. The highest BCUT2D eigenvalue weighted by Gasteiger charge is 2.79. The number of hydrogen-bond acceptors (Lipinski definition) is 5. The summed E-state index contributed by atoms with van der Waals surface area (Å²) in [6.07, 6.45) is 9.49. The number of carbonyl (C=O) groups excluding carboxylic acids is 3. The molecule has 0 aromatic heterocycles. The fourth-order valence-electron chi connectivity index (χ4n) is 9.39. The zero-order valence-corrected chi connectivity index (χ0v) is 21.9. The molecule has 5 nitrogen and oxygen atoms in total. The number of Topliss-reactive ketones (excluding diaryl/α,β-unsaturated/α-hetero) is 1. The maximum absolute atomic E-state index is 13.4. The molecule has 1 aromatic rings. The van der Waals surface area contributed by atoms with Crippen LogP contribution in [0.25, 0.3) is 6.08 Å². The molecule has 192 valence electrons. The first-order valence-corrected chi connectivity index (χ1v) is 13.7. The molecule has 5 aliphatic rings. The summed E-state index contributed by atoms with van der Waals surface area (Å²) in [4.78, 5) is 38.7. The number of allylic oxidation sites excluding steroid dienone is 1. The summed E-state index contributed by atoms with van der Waals surface area (Å²) in [6, 6.07) is 9.75. The molecule has 9 atom stereocenters. The van der Waals surface area contributed by atoms with Gasteiger partial charge in [0.05, 0.1) is 5.92 Å². The van der Waals surface area contributed by atoms with Gasteiger partial charge in [0.2, 0.25) is 0 Å². The average molecular weight is 491 g/mol. The van der Waals surface area contributed by atoms with Crippen LogP contribution >= 0.6 is 0 Å². The summed E-state index contributed by atoms with van der Waals surface area (Å²) in [6.45, 7) is 8.29. The Morgan fingerprint density at radius 3 is 2.39 bits per heavy atom. The Labute approximate surface area is 214 Å². The highest BCUT2D eigenvalue weighted by Crippen LogP contribution is 2.74. The largest absolute Gasteiger partial charge is 0.459 e. The van der Waals surface area contributed by atoms with Crippen molar-refractivity contribution in [1.82, 2.24) is 0 Å². The third-order valence-corrected chi connectivity index (χ3v) is 11.5. The highest BCUT2D eigenvalue weighted by molar-refractivity contribution is 6.12. The Balaban J connectivity index is 1.27. The number of hydrogen-bond donors (Lipinski definition) is 0. The van der Waals surface area contributed by atoms with Crippen molar-refractivity contribution in [3.05, 3.63) is 42.0 Å². The van der Waals surface area contributed by atoms with E-state index in [2.05, 4.69) is 20.8 Å². The summed E-state index contributed by atoms with van der Waals surface area (Å²) < 4.78 is 12.3. The molecule has 1 saturated heterocycles. The number of esters is 1. The van der Waals surface area contributed by atoms with E-state index in [1.54, 1.807) is 6.08 Å². The minimum absolute atomic E-state index is 0.0161. The van der Waals surface area contributed by atoms with E-state index in [0.29, 0.717) is 24.2 Å². The predicted octanol–water partition coefficient (Wildman–Crippen LogP) is 5.56. The Hall–Kier alpha value is -2.27. The Bertz CT molecular complexity index is 1140. The van der Waals surface area contributed by atoms with E-state index in [-0.39, 0.29) is 28.4 Å². The van der Waals surface area contributed by atoms with Crippen molar-refractivity contribution < 1.29 is 23.9 Å². The SMILES string of the molecule is CC(=O)O[C@@]1(C)CC[C@H]2[C@@H]3CC[C@]45O[C@H]4C(=O)C(C(=O)/C=C/c4ccccc4)C[C@]5(C)[C@H]3CC[C@@]21C. The Morgan fingerprint density at radius 1 is 0.972 bits per heavy atom. The molecule has 0 bridgehead atoms. The zero-order valence-electron chi connectivity index (χ0n) is 21.9. The average Bonchev–Trinajstić information content (AvgIpc) is 3.53. The first-order chi connectivity index (χ1) is 17.0. The molecule has 4 saturated carbocycles. The van der Waals surface area contributed by atoms with Crippen LogP contribution in [0.3, 0.4) is 0 Å². The Morgan fingerprint density at radius 2 is 1.67 bits per heavy atom. The quantitative estimate of drug-likeness (QED) is 0.239. The number of rotatable bonds is 4. The molecule has 1 aliphatic heterocycles. The van der Waals surface area contributed by atoms with Crippen LogP contribution in [0, 0.1) is 34.5 Å². The number of ether oxygens (including phenoxy) is 2. The minimum atomic E-state index is -0.627. The molecule has 1 unspecified atom stereocenters. The normalized spacial score (nSPS) is 46.9. The third kappa shape index (κ3) is 3.14. The molecule has 5 fully saturated rings. The summed E-state index contributed by atoms with van der Waals surface area (Å²) in [7, 11) is 0. The molecule has 1 aromatic carbocycles. The van der Waals surface area contributed by atoms with Crippen LogP contribution < -0.4 is 0 Å². The van der Waals surface area contributed by atoms with Gasteiger partial charge >= 0.3 is 5.97 Å². The van der Waals surface area contributed by atoms with Gasteiger partial charge < -0.3 is 9.47 Å². The van der Waals surface area contributed by atoms with Crippen LogP contribution in [0.1, 0.15) is 78.2 Å². The lowest BCUT2D eigenvalue weighted by Gasteiger charge is -2.60. The lowest BCUT2D eigenvalue weighted by Crippen LogP contribution is -2.61. The molecular formula is C31H38O5. The third-order valence-electron chi connectivity index (χ3n) is 11.5. The predicted molar refractivity (Wildman–Crippen MR) is 136 cm³/mol. The molecular weight excluding hydrogens is 452 g/mol. The van der Waals surface area contributed by atoms with Crippen molar-refractivity contribution in [2.75, 3.05) is 0 Å². The second-order valence-electron chi connectivity index (χ2n) is 12.8. The molecule has 4 aliphatic carbocycles. The molecule has 0 N–H and O–H groups in total. The number of ketones is 2. The van der Waals surface area contributed by atoms with Crippen molar-refractivity contribution in [2.45, 2.75) is 89.9 Å². The van der Waals surface area contributed by atoms with Crippen LogP contribution in [0.2, 0.25) is 0 Å². The van der Waals surface area contributed by atoms with Crippen molar-refractivity contribution in [3.63, 3.8) is 0 Å². The number of benzene rings is 1. The monoisotopic (exact) mass is 490 g/mol. The van der Waals surface area contributed by atoms with E-state index in [4.69, 9.17) is 9.47 Å². The molecule has 1 spiro atoms. The molecule has 1 heterocycles. The van der Waals surface area contributed by atoms with E-state index >= 15 is 0 Å². The first-order valence-electron chi connectivity index (χ1n) is 13.7. The summed E-state index contributed by atoms with van der Waals surface area (Å²) in [5, 5.41) is 0. The van der Waals surface area contributed by atoms with Gasteiger partial charge in [-0.2, -0.15) is 0 Å². The maximum Gasteiger partial charge on any atom is 0.303 e. The lowest BCUT2D eigenvalue weighted by atomic mass is 9.43. The van der Waals surface area contributed by atoms with Crippen LogP contribution in [0.15, 0.2) is 36.4 Å². The van der Waals surface area contributed by atoms with Gasteiger partial charge in [-0.05, 0) is 81.3 Å². The van der Waals surface area contributed by atoms with Gasteiger partial charge in [0, 0.05) is 17.8 Å². The van der Waals surface area contributed by atoms with E-state index in [1.807, 2.05) is 36.4 Å². The number of fused-ring (bicyclic) bond motifs is 4. The lowest BCUT2D eigenvalue weighted by molar-refractivity contribution is -0.183. The number of epoxide rings is 1. The standard InChI is InChI=1S/C31H38O5/c1-19(32)35-30(4)16-14-23-21-12-17-31-27(36-31)26(34)22(25(33)11-10-20-8-6-5-7-9-20)18-29(31,3)24(21)13-15-28(23,30)2/h5-11,21-24,27H,12-18H2,1-4H3/b11-10+/t21-,22?,23-,24-,27-,28-,29+,30-,31-/m0/s1. The van der Waals surface area contributed by atoms with Gasteiger partial charge in [-0.1, -0.05) is 50.3 Å². The maximum atomic E-state index is 13.4. The van der Waals surface area contributed by atoms with Gasteiger partial charge in [-0.3, -0.25) is 14.4 Å². The molecule has 5 heteroatoms. The first kappa shape index (κ1) is 24.1. The van der Waals surface area contributed by atoms with Crippen molar-refractivity contribution in [2.24, 2.45) is 34.5 Å². The van der Waals surface area contributed by atoms with Crippen molar-refractivity contribution in [3.8, 4) is 0 Å². The van der Waals surface area contributed by atoms with Crippen molar-refractivity contribution in [1.29, 1.82) is 0 Å². The molecule has 0 amide bonds. The van der Waals surface area contributed by atoms with E-state index < -0.39 is 23.2 Å². The summed E-state index contributed by atoms with van der Waals surface area (Å²) in [5.41, 5.74) is -0.0956.